The van der Waals surface area contributed by atoms with Crippen LogP contribution < -0.4 is 5.73 Å². The van der Waals surface area contributed by atoms with E-state index in [0.29, 0.717) is 12.0 Å². The first kappa shape index (κ1) is 9.95. The maximum absolute atomic E-state index is 12.8. The van der Waals surface area contributed by atoms with Gasteiger partial charge < -0.3 is 15.9 Å². The lowest BCUT2D eigenvalue weighted by molar-refractivity contribution is 0.276. The molecule has 13 heavy (non-hydrogen) atoms. The number of phenols is 1. The number of nitrogens with two attached hydrogens (primary N) is 1. The molecule has 0 bridgehead atoms. The van der Waals surface area contributed by atoms with E-state index in [1.807, 2.05) is 0 Å². The zero-order valence-corrected chi connectivity index (χ0v) is 7.07. The summed E-state index contributed by atoms with van der Waals surface area (Å²) in [5, 5.41) is 17.5. The second kappa shape index (κ2) is 4.20. The van der Waals surface area contributed by atoms with Gasteiger partial charge in [0.15, 0.2) is 11.6 Å². The first-order chi connectivity index (χ1) is 6.15. The minimum absolute atomic E-state index is 0.0380. The van der Waals surface area contributed by atoms with Gasteiger partial charge in [-0.3, -0.25) is 0 Å². The monoisotopic (exact) mass is 185 g/mol. The molecule has 1 aromatic rings. The Morgan fingerprint density at radius 2 is 2.15 bits per heavy atom. The van der Waals surface area contributed by atoms with Crippen molar-refractivity contribution in [1.29, 1.82) is 0 Å². The molecule has 0 amide bonds. The van der Waals surface area contributed by atoms with Gasteiger partial charge in [-0.25, -0.2) is 4.39 Å². The van der Waals surface area contributed by atoms with Gasteiger partial charge in [0.1, 0.15) is 0 Å². The van der Waals surface area contributed by atoms with Crippen molar-refractivity contribution >= 4 is 0 Å². The van der Waals surface area contributed by atoms with Crippen LogP contribution in [-0.2, 0) is 0 Å². The summed E-state index contributed by atoms with van der Waals surface area (Å²) < 4.78 is 12.8. The van der Waals surface area contributed by atoms with Crippen LogP contribution in [0, 0.1) is 5.82 Å². The van der Waals surface area contributed by atoms with Gasteiger partial charge in [0, 0.05) is 12.6 Å². The molecule has 1 atom stereocenters. The lowest BCUT2D eigenvalue weighted by Gasteiger charge is -2.10. The number of aromatic hydroxyl groups is 1. The highest BCUT2D eigenvalue weighted by Crippen LogP contribution is 2.20. The van der Waals surface area contributed by atoms with Crippen LogP contribution in [0.15, 0.2) is 18.2 Å². The minimum Gasteiger partial charge on any atom is -0.505 e. The Hall–Kier alpha value is -1.13. The van der Waals surface area contributed by atoms with Gasteiger partial charge in [-0.2, -0.15) is 0 Å². The number of rotatable bonds is 3. The lowest BCUT2D eigenvalue weighted by atomic mass is 10.0. The van der Waals surface area contributed by atoms with Crippen molar-refractivity contribution in [2.75, 3.05) is 6.61 Å². The van der Waals surface area contributed by atoms with E-state index in [2.05, 4.69) is 0 Å². The molecular formula is C9H12FNO2. The van der Waals surface area contributed by atoms with Gasteiger partial charge in [0.05, 0.1) is 0 Å². The summed E-state index contributed by atoms with van der Waals surface area (Å²) in [6.45, 7) is -0.0380. The topological polar surface area (TPSA) is 66.5 Å². The Morgan fingerprint density at radius 3 is 2.69 bits per heavy atom. The van der Waals surface area contributed by atoms with Crippen molar-refractivity contribution in [2.24, 2.45) is 5.73 Å². The number of phenolic OH excluding ortho intramolecular Hbond substituents is 1. The van der Waals surface area contributed by atoms with E-state index in [-0.39, 0.29) is 18.4 Å². The van der Waals surface area contributed by atoms with Crippen molar-refractivity contribution in [1.82, 2.24) is 0 Å². The van der Waals surface area contributed by atoms with E-state index in [1.165, 1.54) is 12.1 Å². The van der Waals surface area contributed by atoms with E-state index in [4.69, 9.17) is 15.9 Å². The highest BCUT2D eigenvalue weighted by atomic mass is 19.1. The Kier molecular flexibility index (Phi) is 3.22. The molecule has 0 aliphatic carbocycles. The van der Waals surface area contributed by atoms with Gasteiger partial charge in [0.25, 0.3) is 0 Å². The van der Waals surface area contributed by atoms with E-state index >= 15 is 0 Å². The van der Waals surface area contributed by atoms with Crippen LogP contribution in [0.2, 0.25) is 0 Å². The average Bonchev–Trinajstić information content (AvgIpc) is 2.10. The standard InChI is InChI=1S/C9H12FNO2/c10-7-5-6(1-2-9(7)13)8(11)3-4-12/h1-2,5,8,12-13H,3-4,11H2/t8-/m1/s1. The summed E-state index contributed by atoms with van der Waals surface area (Å²) in [6, 6.07) is 3.58. The maximum Gasteiger partial charge on any atom is 0.165 e. The Balaban J connectivity index is 2.84. The van der Waals surface area contributed by atoms with Gasteiger partial charge >= 0.3 is 0 Å². The van der Waals surface area contributed by atoms with E-state index in [1.54, 1.807) is 6.07 Å². The van der Waals surface area contributed by atoms with Crippen LogP contribution >= 0.6 is 0 Å². The van der Waals surface area contributed by atoms with Crippen molar-refractivity contribution in [3.8, 4) is 5.75 Å². The van der Waals surface area contributed by atoms with Crippen LogP contribution in [0.4, 0.5) is 4.39 Å². The van der Waals surface area contributed by atoms with Crippen LogP contribution in [0.25, 0.3) is 0 Å². The third-order valence-corrected chi connectivity index (χ3v) is 1.84. The molecule has 4 heteroatoms. The van der Waals surface area contributed by atoms with Gasteiger partial charge in [-0.1, -0.05) is 6.07 Å². The lowest BCUT2D eigenvalue weighted by Crippen LogP contribution is -2.11. The number of halogens is 1. The molecule has 0 aliphatic rings. The molecule has 0 aliphatic heterocycles. The normalized spacial score (nSPS) is 12.8. The highest BCUT2D eigenvalue weighted by molar-refractivity contribution is 5.29. The molecule has 4 N–H and O–H groups in total. The largest absolute Gasteiger partial charge is 0.505 e. The van der Waals surface area contributed by atoms with Gasteiger partial charge in [-0.05, 0) is 24.1 Å². The van der Waals surface area contributed by atoms with Crippen molar-refractivity contribution in [3.63, 3.8) is 0 Å². The number of hydrogen-bond donors (Lipinski definition) is 3. The van der Waals surface area contributed by atoms with Crippen molar-refractivity contribution < 1.29 is 14.6 Å². The molecular weight excluding hydrogens is 173 g/mol. The number of benzene rings is 1. The number of hydrogen-bond acceptors (Lipinski definition) is 3. The highest BCUT2D eigenvalue weighted by Gasteiger charge is 2.08. The van der Waals surface area contributed by atoms with Crippen LogP contribution in [0.3, 0.4) is 0 Å². The predicted octanol–water partition coefficient (Wildman–Crippen LogP) is 0.913. The Bertz CT molecular complexity index is 291. The second-order valence-electron chi connectivity index (χ2n) is 2.83. The Morgan fingerprint density at radius 1 is 1.46 bits per heavy atom. The fourth-order valence-corrected chi connectivity index (χ4v) is 1.06. The molecule has 0 unspecified atom stereocenters. The fourth-order valence-electron chi connectivity index (χ4n) is 1.06. The first-order valence-electron chi connectivity index (χ1n) is 4.00. The van der Waals surface area contributed by atoms with E-state index in [9.17, 15) is 4.39 Å². The fraction of sp³-hybridized carbons (Fsp3) is 0.333. The number of aliphatic hydroxyl groups is 1. The summed E-state index contributed by atoms with van der Waals surface area (Å²) in [5.41, 5.74) is 6.19. The molecule has 0 saturated carbocycles. The summed E-state index contributed by atoms with van der Waals surface area (Å²) in [5.74, 6) is -1.08. The third kappa shape index (κ3) is 2.40. The van der Waals surface area contributed by atoms with Gasteiger partial charge in [0.2, 0.25) is 0 Å². The smallest absolute Gasteiger partial charge is 0.165 e. The second-order valence-corrected chi connectivity index (χ2v) is 2.83. The van der Waals surface area contributed by atoms with Crippen molar-refractivity contribution in [3.05, 3.63) is 29.6 Å². The summed E-state index contributed by atoms with van der Waals surface area (Å²) in [7, 11) is 0. The van der Waals surface area contributed by atoms with Crippen LogP contribution in [0.5, 0.6) is 5.75 Å². The molecule has 0 fully saturated rings. The molecule has 0 radical (unpaired) electrons. The zero-order chi connectivity index (χ0) is 9.84. The average molecular weight is 185 g/mol. The molecule has 1 rings (SSSR count). The van der Waals surface area contributed by atoms with E-state index in [0.717, 1.165) is 0 Å². The molecule has 0 aromatic heterocycles. The summed E-state index contributed by atoms with van der Waals surface area (Å²) in [4.78, 5) is 0. The molecule has 0 saturated heterocycles. The molecule has 0 spiro atoms. The minimum atomic E-state index is -0.689. The van der Waals surface area contributed by atoms with Crippen molar-refractivity contribution in [2.45, 2.75) is 12.5 Å². The number of aliphatic hydroxyl groups excluding tert-OH is 1. The molecule has 72 valence electrons. The van der Waals surface area contributed by atoms with Crippen LogP contribution in [-0.4, -0.2) is 16.8 Å². The Labute approximate surface area is 75.6 Å². The maximum atomic E-state index is 12.8. The summed E-state index contributed by atoms with van der Waals surface area (Å²) in [6.07, 6.45) is 0.379. The quantitative estimate of drug-likeness (QED) is 0.655. The molecule has 1 aromatic carbocycles. The third-order valence-electron chi connectivity index (χ3n) is 1.84. The first-order valence-corrected chi connectivity index (χ1v) is 4.00. The molecule has 3 nitrogen and oxygen atoms in total. The zero-order valence-electron chi connectivity index (χ0n) is 7.07. The summed E-state index contributed by atoms with van der Waals surface area (Å²) >= 11 is 0. The SMILES string of the molecule is N[C@H](CCO)c1ccc(O)c(F)c1. The van der Waals surface area contributed by atoms with Crippen LogP contribution in [0.1, 0.15) is 18.0 Å². The molecule has 0 heterocycles. The van der Waals surface area contributed by atoms with Gasteiger partial charge in [-0.15, -0.1) is 0 Å². The predicted molar refractivity (Wildman–Crippen MR) is 46.7 cm³/mol. The van der Waals surface area contributed by atoms with E-state index < -0.39 is 5.82 Å².